The van der Waals surface area contributed by atoms with Crippen molar-refractivity contribution in [3.05, 3.63) is 29.6 Å². The van der Waals surface area contributed by atoms with E-state index in [0.29, 0.717) is 17.4 Å². The number of nitrogens with zero attached hydrogens (tertiary/aromatic N) is 2. The second-order valence-corrected chi connectivity index (χ2v) is 6.44. The molecule has 0 radical (unpaired) electrons. The third-order valence-corrected chi connectivity index (χ3v) is 4.28. The van der Waals surface area contributed by atoms with Gasteiger partial charge in [-0.05, 0) is 37.4 Å². The lowest BCUT2D eigenvalue weighted by Crippen LogP contribution is -2.13. The van der Waals surface area contributed by atoms with E-state index in [-0.39, 0.29) is 6.04 Å². The lowest BCUT2D eigenvalue weighted by atomic mass is 10.2. The van der Waals surface area contributed by atoms with E-state index in [1.165, 1.54) is 0 Å². The minimum atomic E-state index is 0.259. The first kappa shape index (κ1) is 16.3. The molecular weight excluding hydrogens is 324 g/mol. The van der Waals surface area contributed by atoms with E-state index in [4.69, 9.17) is 9.47 Å². The van der Waals surface area contributed by atoms with E-state index in [1.54, 1.807) is 25.6 Å². The number of hydrogen-bond acceptors (Lipinski definition) is 7. The van der Waals surface area contributed by atoms with Gasteiger partial charge in [-0.1, -0.05) is 0 Å². The van der Waals surface area contributed by atoms with Crippen molar-refractivity contribution in [1.82, 2.24) is 9.97 Å². The summed E-state index contributed by atoms with van der Waals surface area (Å²) in [6.07, 6.45) is 0. The van der Waals surface area contributed by atoms with Crippen molar-refractivity contribution in [3.63, 3.8) is 0 Å². The molecule has 0 fully saturated rings. The highest BCUT2D eigenvalue weighted by molar-refractivity contribution is 7.17. The minimum Gasteiger partial charge on any atom is -0.493 e. The zero-order chi connectivity index (χ0) is 17.1. The van der Waals surface area contributed by atoms with Crippen LogP contribution in [0.4, 0.5) is 17.5 Å². The van der Waals surface area contributed by atoms with Crippen LogP contribution in [0.1, 0.15) is 13.8 Å². The molecule has 0 saturated carbocycles. The van der Waals surface area contributed by atoms with Crippen LogP contribution < -0.4 is 20.1 Å². The van der Waals surface area contributed by atoms with E-state index < -0.39 is 0 Å². The van der Waals surface area contributed by atoms with Crippen LogP contribution in [0.15, 0.2) is 29.6 Å². The van der Waals surface area contributed by atoms with E-state index in [9.17, 15) is 0 Å². The van der Waals surface area contributed by atoms with Gasteiger partial charge in [0.25, 0.3) is 0 Å². The first-order chi connectivity index (χ1) is 11.6. The standard InChI is InChI=1S/C17H20N4O2S/c1-10(2)18-17-20-12-7-8-24-15(12)16(21-17)19-11-5-6-13(22-3)14(9-11)23-4/h5-10H,1-4H3,(H2,18,19,20,21). The summed E-state index contributed by atoms with van der Waals surface area (Å²) in [7, 11) is 3.24. The van der Waals surface area contributed by atoms with Gasteiger partial charge in [-0.25, -0.2) is 4.98 Å². The molecule has 0 atom stereocenters. The Morgan fingerprint density at radius 1 is 1.04 bits per heavy atom. The van der Waals surface area contributed by atoms with Crippen LogP contribution in [-0.2, 0) is 0 Å². The first-order valence-corrected chi connectivity index (χ1v) is 8.49. The first-order valence-electron chi connectivity index (χ1n) is 7.61. The number of hydrogen-bond donors (Lipinski definition) is 2. The van der Waals surface area contributed by atoms with Gasteiger partial charge in [0.05, 0.1) is 24.4 Å². The summed E-state index contributed by atoms with van der Waals surface area (Å²) in [6, 6.07) is 7.93. The quantitative estimate of drug-likeness (QED) is 0.696. The molecular formula is C17H20N4O2S. The van der Waals surface area contributed by atoms with E-state index >= 15 is 0 Å². The summed E-state index contributed by atoms with van der Waals surface area (Å²) in [5.74, 6) is 2.73. The molecule has 2 heterocycles. The van der Waals surface area contributed by atoms with Crippen molar-refractivity contribution in [3.8, 4) is 11.5 Å². The molecule has 3 aromatic rings. The van der Waals surface area contributed by atoms with Crippen molar-refractivity contribution < 1.29 is 9.47 Å². The number of fused-ring (bicyclic) bond motifs is 1. The monoisotopic (exact) mass is 344 g/mol. The van der Waals surface area contributed by atoms with Crippen LogP contribution in [0.3, 0.4) is 0 Å². The number of benzene rings is 1. The highest BCUT2D eigenvalue weighted by atomic mass is 32.1. The molecule has 24 heavy (non-hydrogen) atoms. The number of rotatable bonds is 6. The molecule has 7 heteroatoms. The smallest absolute Gasteiger partial charge is 0.225 e. The number of anilines is 3. The molecule has 1 aromatic carbocycles. The van der Waals surface area contributed by atoms with Gasteiger partial charge in [0.15, 0.2) is 17.3 Å². The van der Waals surface area contributed by atoms with Gasteiger partial charge in [-0.3, -0.25) is 0 Å². The summed E-state index contributed by atoms with van der Waals surface area (Å²) in [5.41, 5.74) is 1.79. The molecule has 0 unspecified atom stereocenters. The third-order valence-electron chi connectivity index (χ3n) is 3.37. The van der Waals surface area contributed by atoms with Crippen molar-refractivity contribution >= 4 is 39.0 Å². The van der Waals surface area contributed by atoms with Crippen molar-refractivity contribution in [1.29, 1.82) is 0 Å². The third kappa shape index (κ3) is 3.35. The van der Waals surface area contributed by atoms with Crippen LogP contribution in [0.25, 0.3) is 10.2 Å². The second-order valence-electron chi connectivity index (χ2n) is 5.52. The van der Waals surface area contributed by atoms with Gasteiger partial charge in [-0.15, -0.1) is 11.3 Å². The number of methoxy groups -OCH3 is 2. The molecule has 6 nitrogen and oxygen atoms in total. The Kier molecular flexibility index (Phi) is 4.71. The van der Waals surface area contributed by atoms with Gasteiger partial charge in [-0.2, -0.15) is 4.98 Å². The van der Waals surface area contributed by atoms with Crippen LogP contribution in [0, 0.1) is 0 Å². The number of thiophene rings is 1. The molecule has 126 valence electrons. The van der Waals surface area contributed by atoms with E-state index in [2.05, 4.69) is 34.4 Å². The number of ether oxygens (including phenoxy) is 2. The van der Waals surface area contributed by atoms with Gasteiger partial charge in [0.2, 0.25) is 5.95 Å². The zero-order valence-electron chi connectivity index (χ0n) is 14.1. The van der Waals surface area contributed by atoms with Crippen molar-refractivity contribution in [2.75, 3.05) is 24.9 Å². The van der Waals surface area contributed by atoms with Crippen molar-refractivity contribution in [2.24, 2.45) is 0 Å². The number of nitrogens with one attached hydrogen (secondary N) is 2. The van der Waals surface area contributed by atoms with Gasteiger partial charge >= 0.3 is 0 Å². The molecule has 0 aliphatic rings. The van der Waals surface area contributed by atoms with Crippen molar-refractivity contribution in [2.45, 2.75) is 19.9 Å². The van der Waals surface area contributed by atoms with Gasteiger partial charge < -0.3 is 20.1 Å². The second kappa shape index (κ2) is 6.92. The molecule has 0 bridgehead atoms. The average molecular weight is 344 g/mol. The predicted octanol–water partition coefficient (Wildman–Crippen LogP) is 4.27. The minimum absolute atomic E-state index is 0.259. The van der Waals surface area contributed by atoms with Gasteiger partial charge in [0.1, 0.15) is 0 Å². The maximum absolute atomic E-state index is 5.36. The van der Waals surface area contributed by atoms with E-state index in [0.717, 1.165) is 21.7 Å². The summed E-state index contributed by atoms with van der Waals surface area (Å²) in [5, 5.41) is 8.62. The van der Waals surface area contributed by atoms with Crippen LogP contribution in [0.5, 0.6) is 11.5 Å². The fraction of sp³-hybridized carbons (Fsp3) is 0.294. The highest BCUT2D eigenvalue weighted by Crippen LogP contribution is 2.33. The van der Waals surface area contributed by atoms with Crippen LogP contribution in [0.2, 0.25) is 0 Å². The predicted molar refractivity (Wildman–Crippen MR) is 99.0 cm³/mol. The van der Waals surface area contributed by atoms with Crippen LogP contribution in [-0.4, -0.2) is 30.2 Å². The fourth-order valence-corrected chi connectivity index (χ4v) is 3.10. The molecule has 0 spiro atoms. The Hall–Kier alpha value is -2.54. The molecule has 0 aliphatic carbocycles. The topological polar surface area (TPSA) is 68.3 Å². The summed E-state index contributed by atoms with van der Waals surface area (Å²) in [6.45, 7) is 4.12. The molecule has 0 saturated heterocycles. The Labute approximate surface area is 144 Å². The van der Waals surface area contributed by atoms with E-state index in [1.807, 2.05) is 29.6 Å². The molecule has 2 N–H and O–H groups in total. The fourth-order valence-electron chi connectivity index (χ4n) is 2.32. The lowest BCUT2D eigenvalue weighted by molar-refractivity contribution is 0.355. The molecule has 0 aliphatic heterocycles. The summed E-state index contributed by atoms with van der Waals surface area (Å²) < 4.78 is 11.6. The Balaban J connectivity index is 1.98. The normalized spacial score (nSPS) is 10.9. The number of aromatic nitrogens is 2. The average Bonchev–Trinajstić information content (AvgIpc) is 3.02. The Morgan fingerprint density at radius 2 is 1.83 bits per heavy atom. The molecule has 3 rings (SSSR count). The largest absolute Gasteiger partial charge is 0.493 e. The molecule has 0 amide bonds. The summed E-state index contributed by atoms with van der Waals surface area (Å²) >= 11 is 1.61. The maximum atomic E-state index is 5.36. The SMILES string of the molecule is COc1ccc(Nc2nc(NC(C)C)nc3ccsc23)cc1OC. The maximum Gasteiger partial charge on any atom is 0.225 e. The molecule has 2 aromatic heterocycles. The van der Waals surface area contributed by atoms with Gasteiger partial charge in [0, 0.05) is 17.8 Å². The highest BCUT2D eigenvalue weighted by Gasteiger charge is 2.11. The lowest BCUT2D eigenvalue weighted by Gasteiger charge is -2.13. The zero-order valence-corrected chi connectivity index (χ0v) is 14.9. The van der Waals surface area contributed by atoms with Crippen LogP contribution >= 0.6 is 11.3 Å². The Bertz CT molecular complexity index is 848. The Morgan fingerprint density at radius 3 is 2.54 bits per heavy atom. The summed E-state index contributed by atoms with van der Waals surface area (Å²) in [4.78, 5) is 9.15.